The molecule has 12 nitrogen and oxygen atoms in total. The van der Waals surface area contributed by atoms with Crippen molar-refractivity contribution in [2.45, 2.75) is 109 Å². The minimum absolute atomic E-state index is 0.0283. The second-order valence-electron chi connectivity index (χ2n) is 17.3. The van der Waals surface area contributed by atoms with Crippen LogP contribution in [0.5, 0.6) is 0 Å². The third-order valence-corrected chi connectivity index (χ3v) is 16.1. The van der Waals surface area contributed by atoms with Gasteiger partial charge in [0.25, 0.3) is 0 Å². The standard InChI is InChI=1S/C45H55O12PS/c1-27(34-19-14-20-59-34)28(2)41(48)57-33-22-45(50)30(4)39-43(7,40(47)38(46)37(29(33)3)42(45,5)6)35(21-36-44(39,49)25-52-36)53-26-56-58(51,54-23-31-15-10-8-11-16-31)55-24-32-17-12-9-13-18-32/h1,8-20,27-28,30,33,35-36,38-39,46,49-50H,21-26H2,2-7H3/t27-,28-,30?,33?,35?,36?,38?,39?,43-,44?,45?/m1/s1. The predicted molar refractivity (Wildman–Crippen MR) is 218 cm³/mol. The lowest BCUT2D eigenvalue weighted by atomic mass is 9.43. The summed E-state index contributed by atoms with van der Waals surface area (Å²) in [7, 11) is -4.29. The Hall–Kier alpha value is -3.07. The van der Waals surface area contributed by atoms with Gasteiger partial charge in [0, 0.05) is 35.0 Å². The van der Waals surface area contributed by atoms with E-state index in [0.717, 1.165) is 16.0 Å². The lowest BCUT2D eigenvalue weighted by Crippen LogP contribution is -2.79. The number of aliphatic hydroxyl groups is 3. The number of rotatable bonds is 14. The van der Waals surface area contributed by atoms with Gasteiger partial charge >= 0.3 is 13.8 Å². The molecule has 11 atom stereocenters. The minimum Gasteiger partial charge on any atom is -0.457 e. The molecule has 2 bridgehead atoms. The molecular formula is C45H55O12PS. The van der Waals surface area contributed by atoms with E-state index in [2.05, 4.69) is 0 Å². The summed E-state index contributed by atoms with van der Waals surface area (Å²) < 4.78 is 49.9. The fourth-order valence-electron chi connectivity index (χ4n) is 10.2. The first-order valence-corrected chi connectivity index (χ1v) is 22.4. The van der Waals surface area contributed by atoms with E-state index < -0.39 is 96.5 Å². The average Bonchev–Trinajstić information content (AvgIpc) is 3.76. The summed E-state index contributed by atoms with van der Waals surface area (Å²) in [6, 6.07) is 21.9. The van der Waals surface area contributed by atoms with Gasteiger partial charge in [-0.25, -0.2) is 4.57 Å². The molecule has 3 N–H and O–H groups in total. The Morgan fingerprint density at radius 3 is 2.14 bits per heavy atom. The van der Waals surface area contributed by atoms with Gasteiger partial charge in [0.15, 0.2) is 12.6 Å². The Morgan fingerprint density at radius 2 is 1.59 bits per heavy atom. The van der Waals surface area contributed by atoms with Crippen molar-refractivity contribution in [1.82, 2.24) is 0 Å². The largest absolute Gasteiger partial charge is 0.477 e. The number of ether oxygens (including phenoxy) is 3. The molecule has 2 radical (unpaired) electrons. The maximum absolute atomic E-state index is 15.1. The number of benzene rings is 2. The molecule has 2 heterocycles. The highest BCUT2D eigenvalue weighted by Crippen LogP contribution is 2.65. The van der Waals surface area contributed by atoms with Crippen LogP contribution in [0.25, 0.3) is 0 Å². The van der Waals surface area contributed by atoms with Crippen LogP contribution in [0.15, 0.2) is 89.3 Å². The van der Waals surface area contributed by atoms with Gasteiger partial charge in [0.2, 0.25) is 0 Å². The van der Waals surface area contributed by atoms with Gasteiger partial charge in [-0.1, -0.05) is 94.4 Å². The first kappa shape index (κ1) is 44.0. The highest BCUT2D eigenvalue weighted by Gasteiger charge is 2.74. The van der Waals surface area contributed by atoms with Crippen molar-refractivity contribution in [3.63, 3.8) is 0 Å². The van der Waals surface area contributed by atoms with Gasteiger partial charge in [0.05, 0.1) is 49.0 Å². The molecule has 0 spiro atoms. The van der Waals surface area contributed by atoms with Gasteiger partial charge in [-0.05, 0) is 60.4 Å². The molecule has 3 aliphatic carbocycles. The smallest absolute Gasteiger partial charge is 0.457 e. The summed E-state index contributed by atoms with van der Waals surface area (Å²) in [5, 5.41) is 39.7. The lowest BCUT2D eigenvalue weighted by molar-refractivity contribution is -0.341. The molecular weight excluding hydrogens is 796 g/mol. The first-order valence-electron chi connectivity index (χ1n) is 20.1. The summed E-state index contributed by atoms with van der Waals surface area (Å²) in [6.45, 7) is 15.9. The molecule has 2 saturated carbocycles. The van der Waals surface area contributed by atoms with Crippen LogP contribution >= 0.6 is 19.2 Å². The van der Waals surface area contributed by atoms with E-state index in [-0.39, 0.29) is 38.2 Å². The van der Waals surface area contributed by atoms with Crippen LogP contribution in [0.3, 0.4) is 0 Å². The van der Waals surface area contributed by atoms with E-state index >= 15 is 4.79 Å². The number of Topliss-reactive ketones (excluding diaryl/α,β-unsaturated/α-hetero) is 1. The van der Waals surface area contributed by atoms with Crippen LogP contribution in [0.4, 0.5) is 0 Å². The number of phosphoric acid groups is 1. The van der Waals surface area contributed by atoms with Gasteiger partial charge < -0.3 is 29.5 Å². The zero-order chi connectivity index (χ0) is 42.5. The number of thiophene rings is 1. The Kier molecular flexibility index (Phi) is 12.4. The van der Waals surface area contributed by atoms with Gasteiger partial charge in [-0.15, -0.1) is 11.3 Å². The molecule has 3 aromatic rings. The topological polar surface area (TPSA) is 167 Å². The number of hydrogen-bond donors (Lipinski definition) is 3. The second kappa shape index (κ2) is 16.7. The van der Waals surface area contributed by atoms with Crippen molar-refractivity contribution in [1.29, 1.82) is 0 Å². The van der Waals surface area contributed by atoms with Crippen molar-refractivity contribution in [2.75, 3.05) is 13.4 Å². The molecule has 0 amide bonds. The predicted octanol–water partition coefficient (Wildman–Crippen LogP) is 7.20. The maximum atomic E-state index is 15.1. The van der Waals surface area contributed by atoms with Crippen molar-refractivity contribution < 1.29 is 57.3 Å². The van der Waals surface area contributed by atoms with Crippen LogP contribution in [0.2, 0.25) is 0 Å². The van der Waals surface area contributed by atoms with E-state index in [1.807, 2.05) is 78.2 Å². The SMILES string of the molecule is [CH][C@@H](c1cccs1)[C@@H](C)C(=O)OC1CC2(O)C(C)C3C4(O)COC4CC(OCOP(=O)(OCc4ccccc4)OCc4ccccc4)[C@@]3(C)C(=O)C(O)C(=C1C)C2(C)C. The number of carbonyl (C=O) groups is 2. The van der Waals surface area contributed by atoms with Gasteiger partial charge in [0.1, 0.15) is 17.8 Å². The first-order chi connectivity index (χ1) is 27.9. The van der Waals surface area contributed by atoms with E-state index in [0.29, 0.717) is 5.57 Å². The molecule has 1 saturated heterocycles. The molecule has 7 rings (SSSR count). The van der Waals surface area contributed by atoms with Crippen LogP contribution in [-0.2, 0) is 55.1 Å². The normalized spacial score (nSPS) is 33.8. The van der Waals surface area contributed by atoms with Crippen molar-refractivity contribution in [3.8, 4) is 0 Å². The third-order valence-electron chi connectivity index (χ3n) is 13.8. The Bertz CT molecular complexity index is 2010. The minimum atomic E-state index is -4.29. The monoisotopic (exact) mass is 850 g/mol. The molecule has 4 aliphatic rings. The Morgan fingerprint density at radius 1 is 0.983 bits per heavy atom. The highest BCUT2D eigenvalue weighted by atomic mass is 32.1. The molecule has 59 heavy (non-hydrogen) atoms. The lowest BCUT2D eigenvalue weighted by Gasteiger charge is -2.67. The number of carbonyl (C=O) groups excluding carboxylic acids is 2. The summed E-state index contributed by atoms with van der Waals surface area (Å²) in [5.74, 6) is -4.47. The summed E-state index contributed by atoms with van der Waals surface area (Å²) >= 11 is 1.43. The van der Waals surface area contributed by atoms with E-state index in [1.165, 1.54) is 11.3 Å². The summed E-state index contributed by atoms with van der Waals surface area (Å²) in [6.07, 6.45) is -4.69. The van der Waals surface area contributed by atoms with Crippen LogP contribution < -0.4 is 0 Å². The van der Waals surface area contributed by atoms with Crippen LogP contribution in [-0.4, -0.2) is 76.1 Å². The number of fused-ring (bicyclic) bond motifs is 5. The van der Waals surface area contributed by atoms with Crippen LogP contribution in [0, 0.1) is 35.5 Å². The molecule has 318 valence electrons. The van der Waals surface area contributed by atoms with E-state index in [1.54, 1.807) is 41.5 Å². The number of phosphoric ester groups is 1. The Labute approximate surface area is 350 Å². The van der Waals surface area contributed by atoms with Gasteiger partial charge in [-0.2, -0.15) is 0 Å². The number of hydrogen-bond acceptors (Lipinski definition) is 13. The number of aliphatic hydroxyl groups excluding tert-OH is 1. The van der Waals surface area contributed by atoms with Crippen molar-refractivity contribution in [2.24, 2.45) is 28.6 Å². The number of esters is 1. The second-order valence-corrected chi connectivity index (χ2v) is 20.0. The fraction of sp³-hybridized carbons (Fsp3) is 0.533. The molecule has 2 aromatic carbocycles. The highest BCUT2D eigenvalue weighted by molar-refractivity contribution is 7.48. The molecule has 8 unspecified atom stereocenters. The molecule has 1 aliphatic heterocycles. The quantitative estimate of drug-likeness (QED) is 0.0647. The van der Waals surface area contributed by atoms with Crippen LogP contribution in [0.1, 0.15) is 76.3 Å². The third kappa shape index (κ3) is 7.75. The molecule has 14 heteroatoms. The van der Waals surface area contributed by atoms with Gasteiger partial charge in [-0.3, -0.25) is 23.2 Å². The van der Waals surface area contributed by atoms with Crippen molar-refractivity contribution in [3.05, 3.63) is 112 Å². The number of ketones is 1. The summed E-state index contributed by atoms with van der Waals surface area (Å²) in [4.78, 5) is 29.6. The van der Waals surface area contributed by atoms with E-state index in [9.17, 15) is 24.7 Å². The van der Waals surface area contributed by atoms with E-state index in [4.69, 9.17) is 34.7 Å². The zero-order valence-corrected chi connectivity index (χ0v) is 36.0. The maximum Gasteiger partial charge on any atom is 0.477 e. The average molecular weight is 851 g/mol. The summed E-state index contributed by atoms with van der Waals surface area (Å²) in [5.41, 5.74) is -4.04. The zero-order valence-electron chi connectivity index (χ0n) is 34.3. The Balaban J connectivity index is 1.18. The fourth-order valence-corrected chi connectivity index (χ4v) is 12.1. The van der Waals surface area contributed by atoms with Crippen molar-refractivity contribution >= 4 is 30.9 Å². The molecule has 1 aromatic heterocycles. The molecule has 3 fully saturated rings.